The molecule has 22 heavy (non-hydrogen) atoms. The Morgan fingerprint density at radius 3 is 2.64 bits per heavy atom. The fourth-order valence-electron chi connectivity index (χ4n) is 2.14. The maximum Gasteiger partial charge on any atom is 0.259 e. The van der Waals surface area contributed by atoms with Gasteiger partial charge < -0.3 is 10.1 Å². The molecule has 3 aromatic rings. The molecule has 112 valence electrons. The van der Waals surface area contributed by atoms with Gasteiger partial charge in [0.05, 0.1) is 18.4 Å². The average Bonchev–Trinajstić information content (AvgIpc) is 2.90. The number of carbonyl (C=O) groups is 1. The van der Waals surface area contributed by atoms with Crippen molar-refractivity contribution in [2.24, 2.45) is 0 Å². The number of aryl methyl sites for hydroxylation is 2. The molecule has 7 heteroatoms. The average molecular weight is 297 g/mol. The molecule has 0 saturated heterocycles. The van der Waals surface area contributed by atoms with Crippen molar-refractivity contribution in [1.29, 1.82) is 0 Å². The van der Waals surface area contributed by atoms with Gasteiger partial charge in [-0.2, -0.15) is 10.1 Å². The van der Waals surface area contributed by atoms with Gasteiger partial charge in [-0.05, 0) is 38.1 Å². The molecule has 0 fully saturated rings. The van der Waals surface area contributed by atoms with Crippen LogP contribution in [0.25, 0.3) is 5.78 Å². The highest BCUT2D eigenvalue weighted by Gasteiger charge is 2.14. The van der Waals surface area contributed by atoms with Crippen molar-refractivity contribution >= 4 is 17.4 Å². The second kappa shape index (κ2) is 5.44. The lowest BCUT2D eigenvalue weighted by Crippen LogP contribution is -2.16. The Bertz CT molecular complexity index is 839. The highest BCUT2D eigenvalue weighted by atomic mass is 16.5. The second-order valence-electron chi connectivity index (χ2n) is 4.81. The van der Waals surface area contributed by atoms with E-state index in [2.05, 4.69) is 20.4 Å². The van der Waals surface area contributed by atoms with Gasteiger partial charge in [-0.15, -0.1) is 0 Å². The Balaban J connectivity index is 1.89. The van der Waals surface area contributed by atoms with E-state index in [-0.39, 0.29) is 5.91 Å². The summed E-state index contributed by atoms with van der Waals surface area (Å²) in [7, 11) is 1.60. The molecule has 0 unspecified atom stereocenters. The molecule has 0 aliphatic heterocycles. The Labute approximate surface area is 127 Å². The quantitative estimate of drug-likeness (QED) is 0.799. The molecule has 0 bridgehead atoms. The fourth-order valence-corrected chi connectivity index (χ4v) is 2.14. The van der Waals surface area contributed by atoms with Crippen molar-refractivity contribution < 1.29 is 9.53 Å². The lowest BCUT2D eigenvalue weighted by molar-refractivity contribution is 0.102. The number of amides is 1. The van der Waals surface area contributed by atoms with E-state index in [4.69, 9.17) is 4.74 Å². The van der Waals surface area contributed by atoms with E-state index in [9.17, 15) is 4.79 Å². The summed E-state index contributed by atoms with van der Waals surface area (Å²) in [5.41, 5.74) is 1.82. The van der Waals surface area contributed by atoms with Crippen LogP contribution in [0.2, 0.25) is 0 Å². The summed E-state index contributed by atoms with van der Waals surface area (Å²) in [4.78, 5) is 20.7. The minimum Gasteiger partial charge on any atom is -0.497 e. The minimum atomic E-state index is -0.245. The SMILES string of the molecule is COc1ccc(NC(=O)c2cnc3nc(C)nn3c2C)cc1. The van der Waals surface area contributed by atoms with E-state index in [1.807, 2.05) is 6.92 Å². The molecule has 0 radical (unpaired) electrons. The van der Waals surface area contributed by atoms with Crippen molar-refractivity contribution in [1.82, 2.24) is 19.6 Å². The molecule has 2 aromatic heterocycles. The van der Waals surface area contributed by atoms with Gasteiger partial charge in [0.2, 0.25) is 0 Å². The van der Waals surface area contributed by atoms with Crippen molar-refractivity contribution in [3.8, 4) is 5.75 Å². The first-order chi connectivity index (χ1) is 10.6. The summed E-state index contributed by atoms with van der Waals surface area (Å²) in [6.07, 6.45) is 1.51. The van der Waals surface area contributed by atoms with E-state index in [0.29, 0.717) is 28.5 Å². The van der Waals surface area contributed by atoms with Gasteiger partial charge in [0.1, 0.15) is 11.6 Å². The molecule has 1 aromatic carbocycles. The second-order valence-corrected chi connectivity index (χ2v) is 4.81. The van der Waals surface area contributed by atoms with Gasteiger partial charge in [-0.1, -0.05) is 0 Å². The van der Waals surface area contributed by atoms with E-state index in [0.717, 1.165) is 5.75 Å². The van der Waals surface area contributed by atoms with Crippen LogP contribution >= 0.6 is 0 Å². The van der Waals surface area contributed by atoms with E-state index >= 15 is 0 Å². The number of rotatable bonds is 3. The highest BCUT2D eigenvalue weighted by molar-refractivity contribution is 6.04. The predicted molar refractivity (Wildman–Crippen MR) is 81.2 cm³/mol. The number of carbonyl (C=O) groups excluding carboxylic acids is 1. The number of hydrogen-bond acceptors (Lipinski definition) is 5. The standard InChI is InChI=1S/C15H15N5O2/c1-9-13(8-16-15-17-10(2)19-20(9)15)14(21)18-11-4-6-12(22-3)7-5-11/h4-8H,1-3H3,(H,18,21). The van der Waals surface area contributed by atoms with Crippen LogP contribution in [0.1, 0.15) is 21.9 Å². The molecule has 1 N–H and O–H groups in total. The number of ether oxygens (including phenoxy) is 1. The summed E-state index contributed by atoms with van der Waals surface area (Å²) in [5.74, 6) is 1.58. The Kier molecular flexibility index (Phi) is 3.46. The molecule has 7 nitrogen and oxygen atoms in total. The van der Waals surface area contributed by atoms with Crippen LogP contribution in [-0.2, 0) is 0 Å². The number of aromatic nitrogens is 4. The molecule has 0 saturated carbocycles. The molecule has 0 spiro atoms. The molecule has 2 heterocycles. The maximum absolute atomic E-state index is 12.4. The molecule has 0 aliphatic carbocycles. The largest absolute Gasteiger partial charge is 0.497 e. The summed E-state index contributed by atoms with van der Waals surface area (Å²) in [6.45, 7) is 3.59. The number of nitrogens with zero attached hydrogens (tertiary/aromatic N) is 4. The third-order valence-corrected chi connectivity index (χ3v) is 3.31. The molecule has 0 aliphatic rings. The monoisotopic (exact) mass is 297 g/mol. The Hall–Kier alpha value is -2.96. The van der Waals surface area contributed by atoms with Gasteiger partial charge in [-0.25, -0.2) is 9.50 Å². The number of methoxy groups -OCH3 is 1. The molecule has 0 atom stereocenters. The van der Waals surface area contributed by atoms with E-state index in [1.54, 1.807) is 42.8 Å². The first-order valence-electron chi connectivity index (χ1n) is 6.73. The number of anilines is 1. The smallest absolute Gasteiger partial charge is 0.259 e. The van der Waals surface area contributed by atoms with Crippen molar-refractivity contribution in [2.75, 3.05) is 12.4 Å². The number of fused-ring (bicyclic) bond motifs is 1. The van der Waals surface area contributed by atoms with Gasteiger partial charge in [0, 0.05) is 11.9 Å². The highest BCUT2D eigenvalue weighted by Crippen LogP contribution is 2.17. The van der Waals surface area contributed by atoms with Gasteiger partial charge in [0.15, 0.2) is 0 Å². The molecule has 1 amide bonds. The normalized spacial score (nSPS) is 10.7. The van der Waals surface area contributed by atoms with Gasteiger partial charge in [0.25, 0.3) is 11.7 Å². The maximum atomic E-state index is 12.4. The van der Waals surface area contributed by atoms with Crippen LogP contribution in [0.4, 0.5) is 5.69 Å². The third kappa shape index (κ3) is 2.48. The zero-order valence-corrected chi connectivity index (χ0v) is 12.5. The van der Waals surface area contributed by atoms with Crippen molar-refractivity contribution in [3.05, 3.63) is 47.5 Å². The third-order valence-electron chi connectivity index (χ3n) is 3.31. The van der Waals surface area contributed by atoms with Crippen LogP contribution in [0.5, 0.6) is 5.75 Å². The molecular formula is C15H15N5O2. The van der Waals surface area contributed by atoms with Crippen molar-refractivity contribution in [2.45, 2.75) is 13.8 Å². The lowest BCUT2D eigenvalue weighted by Gasteiger charge is -2.08. The molecule has 3 rings (SSSR count). The lowest BCUT2D eigenvalue weighted by atomic mass is 10.2. The van der Waals surface area contributed by atoms with Gasteiger partial charge >= 0.3 is 0 Å². The fraction of sp³-hybridized carbons (Fsp3) is 0.200. The zero-order valence-electron chi connectivity index (χ0n) is 12.5. The van der Waals surface area contributed by atoms with Crippen LogP contribution in [0.3, 0.4) is 0 Å². The van der Waals surface area contributed by atoms with Crippen LogP contribution in [0, 0.1) is 13.8 Å². The summed E-state index contributed by atoms with van der Waals surface area (Å²) in [6, 6.07) is 7.12. The first kappa shape index (κ1) is 14.0. The van der Waals surface area contributed by atoms with Crippen LogP contribution in [-0.4, -0.2) is 32.6 Å². The number of hydrogen-bond donors (Lipinski definition) is 1. The van der Waals surface area contributed by atoms with Crippen LogP contribution in [0.15, 0.2) is 30.5 Å². The number of benzene rings is 1. The minimum absolute atomic E-state index is 0.245. The topological polar surface area (TPSA) is 81.4 Å². The summed E-state index contributed by atoms with van der Waals surface area (Å²) in [5, 5.41) is 7.06. The Morgan fingerprint density at radius 1 is 1.23 bits per heavy atom. The van der Waals surface area contributed by atoms with Crippen molar-refractivity contribution in [3.63, 3.8) is 0 Å². The Morgan fingerprint density at radius 2 is 1.95 bits per heavy atom. The summed E-state index contributed by atoms with van der Waals surface area (Å²) >= 11 is 0. The summed E-state index contributed by atoms with van der Waals surface area (Å²) < 4.78 is 6.65. The van der Waals surface area contributed by atoms with E-state index in [1.165, 1.54) is 6.20 Å². The van der Waals surface area contributed by atoms with Gasteiger partial charge in [-0.3, -0.25) is 4.79 Å². The van der Waals surface area contributed by atoms with Crippen LogP contribution < -0.4 is 10.1 Å². The first-order valence-corrected chi connectivity index (χ1v) is 6.73. The predicted octanol–water partition coefficient (Wildman–Crippen LogP) is 2.00. The zero-order chi connectivity index (χ0) is 15.7. The number of nitrogens with one attached hydrogen (secondary N) is 1. The van der Waals surface area contributed by atoms with E-state index < -0.39 is 0 Å². The molecular weight excluding hydrogens is 282 g/mol.